The zero-order valence-corrected chi connectivity index (χ0v) is 9.78. The Hall–Kier alpha value is -0.940. The highest BCUT2D eigenvalue weighted by molar-refractivity contribution is 7.91. The molecule has 5 heteroatoms. The maximum absolute atomic E-state index is 11.9. The standard InChI is InChI=1S/C11H15NO3S/c13-11(4-2-5-11)6-8-16(14,15)10-3-1-7-12-9-10/h1,3,7,9,13H,2,4-6,8H2. The van der Waals surface area contributed by atoms with Gasteiger partial charge in [0.25, 0.3) is 0 Å². The normalized spacial score (nSPS) is 19.1. The van der Waals surface area contributed by atoms with Crippen molar-refractivity contribution in [2.45, 2.75) is 36.2 Å². The summed E-state index contributed by atoms with van der Waals surface area (Å²) < 4.78 is 23.7. The lowest BCUT2D eigenvalue weighted by Gasteiger charge is -2.36. The van der Waals surface area contributed by atoms with E-state index in [1.807, 2.05) is 0 Å². The van der Waals surface area contributed by atoms with Crippen LogP contribution in [0.2, 0.25) is 0 Å². The Morgan fingerprint density at radius 3 is 2.69 bits per heavy atom. The Morgan fingerprint density at radius 2 is 2.19 bits per heavy atom. The summed E-state index contributed by atoms with van der Waals surface area (Å²) in [6.07, 6.45) is 5.64. The smallest absolute Gasteiger partial charge is 0.180 e. The van der Waals surface area contributed by atoms with Crippen molar-refractivity contribution < 1.29 is 13.5 Å². The van der Waals surface area contributed by atoms with E-state index in [0.29, 0.717) is 6.42 Å². The van der Waals surface area contributed by atoms with E-state index < -0.39 is 15.4 Å². The minimum Gasteiger partial charge on any atom is -0.390 e. The van der Waals surface area contributed by atoms with Gasteiger partial charge in [-0.2, -0.15) is 0 Å². The molecule has 1 aliphatic rings. The second-order valence-corrected chi connectivity index (χ2v) is 6.44. The van der Waals surface area contributed by atoms with Crippen LogP contribution in [0, 0.1) is 0 Å². The SMILES string of the molecule is O=S(=O)(CCC1(O)CCC1)c1cccnc1. The van der Waals surface area contributed by atoms with Crippen molar-refractivity contribution in [2.75, 3.05) is 5.75 Å². The molecule has 0 aliphatic heterocycles. The van der Waals surface area contributed by atoms with Gasteiger partial charge < -0.3 is 5.11 Å². The Bertz CT molecular complexity index is 451. The first-order chi connectivity index (χ1) is 7.52. The van der Waals surface area contributed by atoms with Crippen LogP contribution in [0.4, 0.5) is 0 Å². The molecule has 0 spiro atoms. The molecule has 0 bridgehead atoms. The van der Waals surface area contributed by atoms with E-state index in [2.05, 4.69) is 4.98 Å². The number of nitrogens with zero attached hydrogens (tertiary/aromatic N) is 1. The Labute approximate surface area is 95.3 Å². The average Bonchev–Trinajstić information content (AvgIpc) is 2.25. The predicted molar refractivity (Wildman–Crippen MR) is 59.7 cm³/mol. The number of pyridine rings is 1. The van der Waals surface area contributed by atoms with Gasteiger partial charge in [-0.05, 0) is 37.8 Å². The molecule has 1 aromatic heterocycles. The topological polar surface area (TPSA) is 67.3 Å². The van der Waals surface area contributed by atoms with Gasteiger partial charge in [0.05, 0.1) is 16.2 Å². The Kier molecular flexibility index (Phi) is 2.99. The Morgan fingerprint density at radius 1 is 1.44 bits per heavy atom. The molecule has 0 saturated heterocycles. The van der Waals surface area contributed by atoms with Crippen molar-refractivity contribution >= 4 is 9.84 Å². The van der Waals surface area contributed by atoms with Gasteiger partial charge in [-0.15, -0.1) is 0 Å². The van der Waals surface area contributed by atoms with Gasteiger partial charge in [0.2, 0.25) is 0 Å². The molecule has 0 aromatic carbocycles. The zero-order valence-electron chi connectivity index (χ0n) is 8.96. The van der Waals surface area contributed by atoms with E-state index >= 15 is 0 Å². The third kappa shape index (κ3) is 2.41. The van der Waals surface area contributed by atoms with Gasteiger partial charge in [-0.25, -0.2) is 8.42 Å². The lowest BCUT2D eigenvalue weighted by molar-refractivity contribution is -0.0352. The largest absolute Gasteiger partial charge is 0.390 e. The summed E-state index contributed by atoms with van der Waals surface area (Å²) in [5.74, 6) is -0.00477. The van der Waals surface area contributed by atoms with Gasteiger partial charge in [-0.3, -0.25) is 4.98 Å². The molecular weight excluding hydrogens is 226 g/mol. The van der Waals surface area contributed by atoms with Crippen LogP contribution in [-0.2, 0) is 9.84 Å². The molecule has 0 radical (unpaired) electrons. The Balaban J connectivity index is 2.04. The minimum atomic E-state index is -3.29. The van der Waals surface area contributed by atoms with Crippen molar-refractivity contribution in [3.8, 4) is 0 Å². The first-order valence-electron chi connectivity index (χ1n) is 5.37. The minimum absolute atomic E-state index is 0.00477. The van der Waals surface area contributed by atoms with Crippen LogP contribution in [-0.4, -0.2) is 29.9 Å². The van der Waals surface area contributed by atoms with Crippen LogP contribution in [0.3, 0.4) is 0 Å². The molecule has 2 rings (SSSR count). The summed E-state index contributed by atoms with van der Waals surface area (Å²) in [6, 6.07) is 3.14. The molecule has 1 aliphatic carbocycles. The maximum atomic E-state index is 11.9. The van der Waals surface area contributed by atoms with Crippen LogP contribution in [0.25, 0.3) is 0 Å². The number of sulfone groups is 1. The fourth-order valence-corrected chi connectivity index (χ4v) is 3.20. The summed E-state index contributed by atoms with van der Waals surface area (Å²) in [7, 11) is -3.29. The van der Waals surface area contributed by atoms with Crippen molar-refractivity contribution in [1.29, 1.82) is 0 Å². The van der Waals surface area contributed by atoms with Crippen LogP contribution < -0.4 is 0 Å². The monoisotopic (exact) mass is 241 g/mol. The lowest BCUT2D eigenvalue weighted by Crippen LogP contribution is -2.38. The highest BCUT2D eigenvalue weighted by Crippen LogP contribution is 2.35. The number of aromatic nitrogens is 1. The fraction of sp³-hybridized carbons (Fsp3) is 0.545. The molecule has 1 N–H and O–H groups in total. The van der Waals surface area contributed by atoms with Gasteiger partial charge in [0, 0.05) is 12.4 Å². The van der Waals surface area contributed by atoms with Crippen molar-refractivity contribution in [1.82, 2.24) is 4.98 Å². The molecule has 4 nitrogen and oxygen atoms in total. The van der Waals surface area contributed by atoms with Gasteiger partial charge in [-0.1, -0.05) is 0 Å². The molecule has 0 amide bonds. The second kappa shape index (κ2) is 4.14. The van der Waals surface area contributed by atoms with Crippen molar-refractivity contribution in [2.24, 2.45) is 0 Å². The number of rotatable bonds is 4. The van der Waals surface area contributed by atoms with E-state index in [0.717, 1.165) is 19.3 Å². The molecular formula is C11H15NO3S. The van der Waals surface area contributed by atoms with Crippen LogP contribution >= 0.6 is 0 Å². The summed E-state index contributed by atoms with van der Waals surface area (Å²) in [4.78, 5) is 4.02. The molecule has 16 heavy (non-hydrogen) atoms. The fourth-order valence-electron chi connectivity index (χ4n) is 1.81. The van der Waals surface area contributed by atoms with Gasteiger partial charge in [0.1, 0.15) is 0 Å². The third-order valence-corrected chi connectivity index (χ3v) is 4.82. The highest BCUT2D eigenvalue weighted by Gasteiger charge is 2.35. The van der Waals surface area contributed by atoms with E-state index in [1.165, 1.54) is 12.3 Å². The number of hydrogen-bond acceptors (Lipinski definition) is 4. The zero-order chi connectivity index (χ0) is 11.6. The molecule has 1 aromatic rings. The number of hydrogen-bond donors (Lipinski definition) is 1. The second-order valence-electron chi connectivity index (χ2n) is 4.34. The van der Waals surface area contributed by atoms with Crippen molar-refractivity contribution in [3.05, 3.63) is 24.5 Å². The van der Waals surface area contributed by atoms with Crippen LogP contribution in [0.15, 0.2) is 29.4 Å². The first kappa shape index (κ1) is 11.5. The first-order valence-corrected chi connectivity index (χ1v) is 7.02. The maximum Gasteiger partial charge on any atom is 0.180 e. The van der Waals surface area contributed by atoms with E-state index in [4.69, 9.17) is 0 Å². The molecule has 88 valence electrons. The van der Waals surface area contributed by atoms with E-state index in [9.17, 15) is 13.5 Å². The third-order valence-electron chi connectivity index (χ3n) is 3.11. The summed E-state index contributed by atoms with van der Waals surface area (Å²) in [6.45, 7) is 0. The average molecular weight is 241 g/mol. The van der Waals surface area contributed by atoms with E-state index in [-0.39, 0.29) is 10.6 Å². The van der Waals surface area contributed by atoms with Crippen molar-refractivity contribution in [3.63, 3.8) is 0 Å². The molecule has 0 atom stereocenters. The molecule has 0 unspecified atom stereocenters. The number of aliphatic hydroxyl groups is 1. The predicted octanol–water partition coefficient (Wildman–Crippen LogP) is 1.16. The molecule has 1 heterocycles. The quantitative estimate of drug-likeness (QED) is 0.859. The van der Waals surface area contributed by atoms with Gasteiger partial charge in [0.15, 0.2) is 9.84 Å². The molecule has 1 fully saturated rings. The lowest BCUT2D eigenvalue weighted by atomic mass is 9.78. The van der Waals surface area contributed by atoms with Crippen LogP contribution in [0.5, 0.6) is 0 Å². The molecule has 1 saturated carbocycles. The summed E-state index contributed by atoms with van der Waals surface area (Å²) >= 11 is 0. The van der Waals surface area contributed by atoms with Crippen LogP contribution in [0.1, 0.15) is 25.7 Å². The summed E-state index contributed by atoms with van der Waals surface area (Å²) in [5, 5.41) is 9.84. The highest BCUT2D eigenvalue weighted by atomic mass is 32.2. The summed E-state index contributed by atoms with van der Waals surface area (Å²) in [5.41, 5.74) is -0.741. The van der Waals surface area contributed by atoms with Gasteiger partial charge >= 0.3 is 0 Å². The van der Waals surface area contributed by atoms with E-state index in [1.54, 1.807) is 12.3 Å².